The van der Waals surface area contributed by atoms with E-state index < -0.39 is 10.0 Å². The van der Waals surface area contributed by atoms with Gasteiger partial charge in [-0.2, -0.15) is 0 Å². The minimum Gasteiger partial charge on any atom is -0.492 e. The van der Waals surface area contributed by atoms with Crippen molar-refractivity contribution in [2.75, 3.05) is 30.3 Å². The lowest BCUT2D eigenvalue weighted by Crippen LogP contribution is -2.33. The fourth-order valence-electron chi connectivity index (χ4n) is 3.23. The van der Waals surface area contributed by atoms with Crippen LogP contribution in [0, 0.1) is 0 Å². The van der Waals surface area contributed by atoms with Gasteiger partial charge in [0, 0.05) is 18.0 Å². The molecular formula is C23H24Cl2N2O4S. The highest BCUT2D eigenvalue weighted by Crippen LogP contribution is 2.30. The van der Waals surface area contributed by atoms with Crippen molar-refractivity contribution in [2.24, 2.45) is 0 Å². The van der Waals surface area contributed by atoms with Crippen LogP contribution in [-0.2, 0) is 14.8 Å². The molecule has 0 radical (unpaired) electrons. The first-order valence-corrected chi connectivity index (χ1v) is 12.7. The summed E-state index contributed by atoms with van der Waals surface area (Å²) < 4.78 is 31.3. The second-order valence-corrected chi connectivity index (χ2v) is 9.99. The van der Waals surface area contributed by atoms with Crippen molar-refractivity contribution in [3.63, 3.8) is 0 Å². The van der Waals surface area contributed by atoms with Crippen LogP contribution in [-0.4, -0.2) is 40.3 Å². The van der Waals surface area contributed by atoms with Gasteiger partial charge in [-0.15, -0.1) is 0 Å². The molecule has 0 aliphatic carbocycles. The van der Waals surface area contributed by atoms with Crippen LogP contribution in [0.4, 0.5) is 5.69 Å². The maximum absolute atomic E-state index is 12.2. The number of nitrogens with zero attached hydrogens (tertiary/aromatic N) is 1. The Labute approximate surface area is 198 Å². The highest BCUT2D eigenvalue weighted by molar-refractivity contribution is 7.92. The number of sulfonamides is 1. The summed E-state index contributed by atoms with van der Waals surface area (Å²) >= 11 is 12.1. The third kappa shape index (κ3) is 6.76. The molecule has 6 nitrogen and oxygen atoms in total. The molecule has 3 aromatic rings. The molecule has 0 saturated heterocycles. The smallest absolute Gasteiger partial charge is 0.232 e. The highest BCUT2D eigenvalue weighted by atomic mass is 35.5. The molecule has 0 unspecified atom stereocenters. The van der Waals surface area contributed by atoms with E-state index in [1.807, 2.05) is 42.5 Å². The number of carbonyl (C=O) groups is 1. The average molecular weight is 495 g/mol. The molecular weight excluding hydrogens is 471 g/mol. The molecule has 1 amide bonds. The molecule has 0 atom stereocenters. The Morgan fingerprint density at radius 1 is 1.03 bits per heavy atom. The molecule has 1 N–H and O–H groups in total. The van der Waals surface area contributed by atoms with Gasteiger partial charge in [0.1, 0.15) is 12.4 Å². The van der Waals surface area contributed by atoms with Crippen LogP contribution in [0.2, 0.25) is 10.0 Å². The zero-order chi connectivity index (χ0) is 23.1. The first-order valence-electron chi connectivity index (χ1n) is 10.0. The molecule has 0 heterocycles. The van der Waals surface area contributed by atoms with E-state index in [-0.39, 0.29) is 23.9 Å². The van der Waals surface area contributed by atoms with Crippen molar-refractivity contribution in [2.45, 2.75) is 12.8 Å². The number of benzene rings is 3. The first kappa shape index (κ1) is 24.2. The molecule has 3 aromatic carbocycles. The number of hydrogen-bond donors (Lipinski definition) is 1. The van der Waals surface area contributed by atoms with Gasteiger partial charge >= 0.3 is 0 Å². The zero-order valence-corrected chi connectivity index (χ0v) is 19.9. The average Bonchev–Trinajstić information content (AvgIpc) is 2.75. The quantitative estimate of drug-likeness (QED) is 0.407. The summed E-state index contributed by atoms with van der Waals surface area (Å²) in [5, 5.41) is 5.66. The molecule has 9 heteroatoms. The van der Waals surface area contributed by atoms with Gasteiger partial charge in [0.05, 0.1) is 23.5 Å². The van der Waals surface area contributed by atoms with Crippen LogP contribution in [0.5, 0.6) is 5.75 Å². The van der Waals surface area contributed by atoms with Crippen molar-refractivity contribution in [1.82, 2.24) is 5.32 Å². The van der Waals surface area contributed by atoms with Crippen molar-refractivity contribution in [3.05, 3.63) is 70.7 Å². The summed E-state index contributed by atoms with van der Waals surface area (Å²) in [7, 11) is -3.58. The Kier molecular flexibility index (Phi) is 8.23. The normalized spacial score (nSPS) is 11.3. The summed E-state index contributed by atoms with van der Waals surface area (Å²) in [6.07, 6.45) is 1.59. The summed E-state index contributed by atoms with van der Waals surface area (Å²) in [6, 6.07) is 18.5. The molecule has 0 fully saturated rings. The lowest BCUT2D eigenvalue weighted by atomic mass is 10.1. The van der Waals surface area contributed by atoms with Gasteiger partial charge in [-0.3, -0.25) is 9.10 Å². The number of carbonyl (C=O) groups excluding carboxylic acids is 1. The van der Waals surface area contributed by atoms with Crippen molar-refractivity contribution >= 4 is 55.6 Å². The zero-order valence-electron chi connectivity index (χ0n) is 17.6. The molecule has 0 spiro atoms. The number of rotatable bonds is 10. The van der Waals surface area contributed by atoms with Crippen LogP contribution in [0.15, 0.2) is 60.7 Å². The lowest BCUT2D eigenvalue weighted by Gasteiger charge is -2.23. The van der Waals surface area contributed by atoms with E-state index in [9.17, 15) is 13.2 Å². The van der Waals surface area contributed by atoms with Gasteiger partial charge in [-0.25, -0.2) is 8.42 Å². The van der Waals surface area contributed by atoms with Crippen LogP contribution in [0.25, 0.3) is 10.8 Å². The third-order valence-electron chi connectivity index (χ3n) is 4.76. The van der Waals surface area contributed by atoms with Crippen molar-refractivity contribution in [3.8, 4) is 5.75 Å². The fourth-order valence-corrected chi connectivity index (χ4v) is 4.64. The van der Waals surface area contributed by atoms with Gasteiger partial charge in [-0.05, 0) is 47.5 Å². The molecule has 170 valence electrons. The monoisotopic (exact) mass is 494 g/mol. The second-order valence-electron chi connectivity index (χ2n) is 7.24. The van der Waals surface area contributed by atoms with Crippen LogP contribution in [0.1, 0.15) is 12.8 Å². The van der Waals surface area contributed by atoms with Gasteiger partial charge in [0.2, 0.25) is 15.9 Å². The Morgan fingerprint density at radius 3 is 2.53 bits per heavy atom. The Morgan fingerprint density at radius 2 is 1.78 bits per heavy atom. The number of amides is 1. The standard InChI is InChI=1S/C23H24Cl2N2O4S/c1-32(29,30)27(22-16-19(24)9-11-21(22)25)13-4-7-23(28)26-12-14-31-20-10-8-17-5-2-3-6-18(17)15-20/h2-3,5-6,8-11,15-16H,4,7,12-14H2,1H3,(H,26,28). The van der Waals surface area contributed by atoms with Gasteiger partial charge in [0.15, 0.2) is 0 Å². The van der Waals surface area contributed by atoms with Crippen LogP contribution >= 0.6 is 23.2 Å². The first-order chi connectivity index (χ1) is 15.2. The second kappa shape index (κ2) is 10.9. The number of ether oxygens (including phenoxy) is 1. The van der Waals surface area contributed by atoms with Crippen LogP contribution < -0.4 is 14.4 Å². The van der Waals surface area contributed by atoms with E-state index in [1.165, 1.54) is 6.07 Å². The van der Waals surface area contributed by atoms with E-state index in [1.54, 1.807) is 12.1 Å². The highest BCUT2D eigenvalue weighted by Gasteiger charge is 2.20. The third-order valence-corrected chi connectivity index (χ3v) is 6.49. The summed E-state index contributed by atoms with van der Waals surface area (Å²) in [4.78, 5) is 12.1. The SMILES string of the molecule is CS(=O)(=O)N(CCCC(=O)NCCOc1ccc2ccccc2c1)c1cc(Cl)ccc1Cl. The summed E-state index contributed by atoms with van der Waals surface area (Å²) in [5.41, 5.74) is 0.297. The predicted molar refractivity (Wildman–Crippen MR) is 130 cm³/mol. The fraction of sp³-hybridized carbons (Fsp3) is 0.261. The Bertz CT molecular complexity index is 1200. The van der Waals surface area contributed by atoms with Gasteiger partial charge in [0.25, 0.3) is 0 Å². The van der Waals surface area contributed by atoms with Crippen molar-refractivity contribution < 1.29 is 17.9 Å². The number of halogens is 2. The van der Waals surface area contributed by atoms with E-state index in [2.05, 4.69) is 5.32 Å². The molecule has 0 aromatic heterocycles. The minimum atomic E-state index is -3.58. The van der Waals surface area contributed by atoms with Gasteiger partial charge < -0.3 is 10.1 Å². The van der Waals surface area contributed by atoms with E-state index in [0.29, 0.717) is 30.3 Å². The topological polar surface area (TPSA) is 75.7 Å². The van der Waals surface area contributed by atoms with Crippen molar-refractivity contribution in [1.29, 1.82) is 0 Å². The maximum atomic E-state index is 12.2. The Hall–Kier alpha value is -2.48. The molecule has 0 aliphatic heterocycles. The van der Waals surface area contributed by atoms with E-state index in [0.717, 1.165) is 27.1 Å². The number of anilines is 1. The molecule has 0 saturated carbocycles. The summed E-state index contributed by atoms with van der Waals surface area (Å²) in [5.74, 6) is 0.554. The maximum Gasteiger partial charge on any atom is 0.232 e. The number of nitrogens with one attached hydrogen (secondary N) is 1. The molecule has 0 bridgehead atoms. The number of hydrogen-bond acceptors (Lipinski definition) is 4. The molecule has 0 aliphatic rings. The van der Waals surface area contributed by atoms with E-state index in [4.69, 9.17) is 27.9 Å². The molecule has 3 rings (SSSR count). The molecule has 32 heavy (non-hydrogen) atoms. The lowest BCUT2D eigenvalue weighted by molar-refractivity contribution is -0.121. The summed E-state index contributed by atoms with van der Waals surface area (Å²) in [6.45, 7) is 0.791. The predicted octanol–water partition coefficient (Wildman–Crippen LogP) is 4.89. The van der Waals surface area contributed by atoms with Crippen LogP contribution in [0.3, 0.4) is 0 Å². The Balaban J connectivity index is 1.44. The van der Waals surface area contributed by atoms with Gasteiger partial charge in [-0.1, -0.05) is 53.5 Å². The van der Waals surface area contributed by atoms with E-state index >= 15 is 0 Å². The largest absolute Gasteiger partial charge is 0.492 e. The number of fused-ring (bicyclic) bond motifs is 1. The minimum absolute atomic E-state index is 0.111.